The molecule has 3 rings (SSSR count). The molecule has 0 aliphatic carbocycles. The van der Waals surface area contributed by atoms with Crippen molar-refractivity contribution in [2.45, 2.75) is 6.92 Å². The third kappa shape index (κ3) is 2.90. The molecule has 3 aromatic rings. The Bertz CT molecular complexity index is 730. The fraction of sp³-hybridized carbons (Fsp3) is 0.0588. The van der Waals surface area contributed by atoms with E-state index in [1.54, 1.807) is 12.1 Å². The highest BCUT2D eigenvalue weighted by atomic mass is 16.5. The lowest BCUT2D eigenvalue weighted by Crippen LogP contribution is -2.11. The average Bonchev–Trinajstić information content (AvgIpc) is 2.55. The largest absolute Gasteiger partial charge is 0.752 e. The Kier molecular flexibility index (Phi) is 3.62. The minimum Gasteiger partial charge on any atom is -0.752 e. The zero-order valence-corrected chi connectivity index (χ0v) is 11.6. The summed E-state index contributed by atoms with van der Waals surface area (Å²) in [7, 11) is 0. The SMILES string of the molecule is Cc1cc(-c2ccccc2)nc(N([O-])c2ccccc2)n1. The zero-order valence-electron chi connectivity index (χ0n) is 11.6. The summed E-state index contributed by atoms with van der Waals surface area (Å²) < 4.78 is 0. The van der Waals surface area contributed by atoms with E-state index in [4.69, 9.17) is 0 Å². The third-order valence-corrected chi connectivity index (χ3v) is 3.08. The molecule has 104 valence electrons. The van der Waals surface area contributed by atoms with Gasteiger partial charge in [-0.3, -0.25) is 0 Å². The first-order valence-corrected chi connectivity index (χ1v) is 6.67. The summed E-state index contributed by atoms with van der Waals surface area (Å²) >= 11 is 0. The van der Waals surface area contributed by atoms with Crippen molar-refractivity contribution in [1.29, 1.82) is 0 Å². The van der Waals surface area contributed by atoms with Gasteiger partial charge >= 0.3 is 0 Å². The molecule has 1 heterocycles. The lowest BCUT2D eigenvalue weighted by atomic mass is 10.1. The smallest absolute Gasteiger partial charge is 0.219 e. The minimum atomic E-state index is 0.153. The van der Waals surface area contributed by atoms with Gasteiger partial charge in [-0.25, -0.2) is 9.97 Å². The number of anilines is 2. The number of rotatable bonds is 3. The summed E-state index contributed by atoms with van der Waals surface area (Å²) in [4.78, 5) is 8.62. The van der Waals surface area contributed by atoms with E-state index >= 15 is 0 Å². The van der Waals surface area contributed by atoms with Crippen LogP contribution in [0.1, 0.15) is 5.69 Å². The maximum Gasteiger partial charge on any atom is 0.219 e. The van der Waals surface area contributed by atoms with Crippen LogP contribution >= 0.6 is 0 Å². The van der Waals surface area contributed by atoms with Crippen LogP contribution < -0.4 is 5.06 Å². The molecule has 4 heteroatoms. The molecule has 21 heavy (non-hydrogen) atoms. The van der Waals surface area contributed by atoms with Gasteiger partial charge in [0.05, 0.1) is 5.69 Å². The van der Waals surface area contributed by atoms with Gasteiger partial charge in [-0.15, -0.1) is 0 Å². The number of para-hydroxylation sites is 1. The highest BCUT2D eigenvalue weighted by Crippen LogP contribution is 2.24. The van der Waals surface area contributed by atoms with Gasteiger partial charge in [0.15, 0.2) is 0 Å². The molecule has 0 saturated carbocycles. The molecule has 0 saturated heterocycles. The van der Waals surface area contributed by atoms with Gasteiger partial charge in [-0.2, -0.15) is 0 Å². The van der Waals surface area contributed by atoms with Crippen molar-refractivity contribution in [2.75, 3.05) is 5.06 Å². The molecule has 0 atom stereocenters. The molecular formula is C17H14N3O-. The van der Waals surface area contributed by atoms with E-state index in [0.29, 0.717) is 5.69 Å². The molecule has 0 aliphatic heterocycles. The molecule has 0 amide bonds. The van der Waals surface area contributed by atoms with Crippen LogP contribution in [0.2, 0.25) is 0 Å². The number of aryl methyl sites for hydroxylation is 1. The van der Waals surface area contributed by atoms with Gasteiger partial charge in [-0.05, 0) is 25.1 Å². The van der Waals surface area contributed by atoms with Gasteiger partial charge in [0.25, 0.3) is 0 Å². The molecule has 0 radical (unpaired) electrons. The van der Waals surface area contributed by atoms with E-state index < -0.39 is 0 Å². The molecule has 0 fully saturated rings. The quantitative estimate of drug-likeness (QED) is 0.676. The molecule has 0 unspecified atom stereocenters. The van der Waals surface area contributed by atoms with Crippen molar-refractivity contribution in [3.63, 3.8) is 0 Å². The second kappa shape index (κ2) is 5.73. The number of hydrogen-bond acceptors (Lipinski definition) is 4. The topological polar surface area (TPSA) is 52.1 Å². The van der Waals surface area contributed by atoms with Crippen LogP contribution in [0.5, 0.6) is 0 Å². The fourth-order valence-corrected chi connectivity index (χ4v) is 2.08. The van der Waals surface area contributed by atoms with Gasteiger partial charge in [0.2, 0.25) is 5.95 Å². The Labute approximate surface area is 123 Å². The number of benzene rings is 2. The van der Waals surface area contributed by atoms with Crippen molar-refractivity contribution in [1.82, 2.24) is 9.97 Å². The Morgan fingerprint density at radius 3 is 2.14 bits per heavy atom. The van der Waals surface area contributed by atoms with Crippen LogP contribution in [0.25, 0.3) is 11.3 Å². The maximum atomic E-state index is 12.4. The molecule has 1 aromatic heterocycles. The van der Waals surface area contributed by atoms with Crippen LogP contribution in [-0.4, -0.2) is 9.97 Å². The van der Waals surface area contributed by atoms with Crippen LogP contribution in [0.15, 0.2) is 66.7 Å². The normalized spacial score (nSPS) is 10.4. The first-order chi connectivity index (χ1) is 10.2. The van der Waals surface area contributed by atoms with E-state index in [9.17, 15) is 5.21 Å². The Hall–Kier alpha value is -2.72. The first kappa shape index (κ1) is 13.3. The molecule has 0 spiro atoms. The number of nitrogens with zero attached hydrogens (tertiary/aromatic N) is 3. The summed E-state index contributed by atoms with van der Waals surface area (Å²) in [6, 6.07) is 20.6. The zero-order chi connectivity index (χ0) is 14.7. The predicted molar refractivity (Wildman–Crippen MR) is 84.2 cm³/mol. The summed E-state index contributed by atoms with van der Waals surface area (Å²) in [5, 5.41) is 13.1. The molecule has 0 bridgehead atoms. The second-order valence-corrected chi connectivity index (χ2v) is 4.69. The van der Waals surface area contributed by atoms with Crippen molar-refractivity contribution < 1.29 is 0 Å². The number of aromatic nitrogens is 2. The van der Waals surface area contributed by atoms with Gasteiger partial charge < -0.3 is 10.3 Å². The first-order valence-electron chi connectivity index (χ1n) is 6.67. The van der Waals surface area contributed by atoms with E-state index in [-0.39, 0.29) is 5.95 Å². The highest BCUT2D eigenvalue weighted by molar-refractivity contribution is 5.64. The van der Waals surface area contributed by atoms with Crippen LogP contribution in [0.4, 0.5) is 11.6 Å². The van der Waals surface area contributed by atoms with Gasteiger partial charge in [-0.1, -0.05) is 48.5 Å². The van der Waals surface area contributed by atoms with Crippen molar-refractivity contribution >= 4 is 11.6 Å². The monoisotopic (exact) mass is 276 g/mol. The average molecular weight is 276 g/mol. The van der Waals surface area contributed by atoms with Crippen LogP contribution in [-0.2, 0) is 0 Å². The van der Waals surface area contributed by atoms with E-state index in [1.807, 2.05) is 61.5 Å². The summed E-state index contributed by atoms with van der Waals surface area (Å²) in [5.74, 6) is 0.153. The van der Waals surface area contributed by atoms with E-state index in [0.717, 1.165) is 22.0 Å². The van der Waals surface area contributed by atoms with Gasteiger partial charge in [0.1, 0.15) is 0 Å². The van der Waals surface area contributed by atoms with E-state index in [1.165, 1.54) is 0 Å². The summed E-state index contributed by atoms with van der Waals surface area (Å²) in [6.07, 6.45) is 0. The molecule has 0 N–H and O–H groups in total. The minimum absolute atomic E-state index is 0.153. The second-order valence-electron chi connectivity index (χ2n) is 4.69. The van der Waals surface area contributed by atoms with Crippen molar-refractivity contribution in [3.05, 3.63) is 77.6 Å². The van der Waals surface area contributed by atoms with E-state index in [2.05, 4.69) is 9.97 Å². The maximum absolute atomic E-state index is 12.4. The Morgan fingerprint density at radius 1 is 0.857 bits per heavy atom. The highest BCUT2D eigenvalue weighted by Gasteiger charge is 2.07. The fourth-order valence-electron chi connectivity index (χ4n) is 2.08. The summed E-state index contributed by atoms with van der Waals surface area (Å²) in [5.41, 5.74) is 2.98. The Balaban J connectivity index is 2.02. The molecule has 2 aromatic carbocycles. The third-order valence-electron chi connectivity index (χ3n) is 3.08. The van der Waals surface area contributed by atoms with Gasteiger partial charge in [0, 0.05) is 16.9 Å². The standard InChI is InChI=1S/C17H14N3O/c1-13-12-16(14-8-4-2-5-9-14)19-17(18-13)20(21)15-10-6-3-7-11-15/h2-12H,1H3/q-1. The lowest BCUT2D eigenvalue weighted by molar-refractivity contribution is 1.05. The number of hydrogen-bond donors (Lipinski definition) is 0. The molecule has 4 nitrogen and oxygen atoms in total. The lowest BCUT2D eigenvalue weighted by Gasteiger charge is -2.28. The van der Waals surface area contributed by atoms with Crippen LogP contribution in [0.3, 0.4) is 0 Å². The van der Waals surface area contributed by atoms with Crippen LogP contribution in [0, 0.1) is 12.1 Å². The van der Waals surface area contributed by atoms with Crippen molar-refractivity contribution in [2.24, 2.45) is 0 Å². The Morgan fingerprint density at radius 2 is 1.48 bits per heavy atom. The summed E-state index contributed by atoms with van der Waals surface area (Å²) in [6.45, 7) is 1.86. The van der Waals surface area contributed by atoms with Crippen molar-refractivity contribution in [3.8, 4) is 11.3 Å². The molecular weight excluding hydrogens is 262 g/mol. The molecule has 0 aliphatic rings. The predicted octanol–water partition coefficient (Wildman–Crippen LogP) is 4.09.